The minimum absolute atomic E-state index is 0.579. The molecule has 0 fully saturated rings. The van der Waals surface area contributed by atoms with Gasteiger partial charge in [0, 0.05) is 26.2 Å². The molecule has 3 aromatic carbocycles. The van der Waals surface area contributed by atoms with Crippen LogP contribution in [0.1, 0.15) is 54.3 Å². The molecule has 0 aliphatic carbocycles. The van der Waals surface area contributed by atoms with Gasteiger partial charge in [0.05, 0.1) is 6.54 Å². The van der Waals surface area contributed by atoms with Crippen molar-refractivity contribution in [2.45, 2.75) is 45.4 Å². The fourth-order valence-electron chi connectivity index (χ4n) is 5.51. The van der Waals surface area contributed by atoms with Crippen molar-refractivity contribution in [1.82, 2.24) is 35.2 Å². The third kappa shape index (κ3) is 6.09. The van der Waals surface area contributed by atoms with Crippen molar-refractivity contribution >= 4 is 11.2 Å². The van der Waals surface area contributed by atoms with E-state index in [0.717, 1.165) is 69.8 Å². The van der Waals surface area contributed by atoms with Gasteiger partial charge in [-0.15, -0.1) is 5.10 Å². The topological polar surface area (TPSA) is 104 Å². The number of aromatic amines is 1. The van der Waals surface area contributed by atoms with Crippen LogP contribution < -0.4 is 0 Å². The van der Waals surface area contributed by atoms with Gasteiger partial charge in [-0.05, 0) is 57.2 Å². The highest BCUT2D eigenvalue weighted by Crippen LogP contribution is 2.31. The predicted molar refractivity (Wildman–Crippen MR) is 166 cm³/mol. The number of H-pyrrole nitrogens is 1. The number of unbranched alkanes of at least 4 members (excludes halogenated alkanes) is 1. The van der Waals surface area contributed by atoms with Crippen LogP contribution in [0.4, 0.5) is 0 Å². The van der Waals surface area contributed by atoms with Gasteiger partial charge in [0.1, 0.15) is 17.0 Å². The van der Waals surface area contributed by atoms with Gasteiger partial charge in [-0.25, -0.2) is 15.1 Å². The second kappa shape index (κ2) is 13.1. The van der Waals surface area contributed by atoms with Crippen molar-refractivity contribution < 1.29 is 9.47 Å². The fraction of sp³-hybridized carbons (Fsp3) is 0.265. The number of imidazole rings is 1. The number of rotatable bonds is 12. The van der Waals surface area contributed by atoms with Crippen molar-refractivity contribution in [3.63, 3.8) is 0 Å². The summed E-state index contributed by atoms with van der Waals surface area (Å²) in [4.78, 5) is 10.3. The molecule has 9 nitrogen and oxygen atoms in total. The second-order valence-corrected chi connectivity index (χ2v) is 10.6. The van der Waals surface area contributed by atoms with Gasteiger partial charge in [-0.1, -0.05) is 92.2 Å². The van der Waals surface area contributed by atoms with Crippen LogP contribution in [-0.2, 0) is 28.9 Å². The third-order valence-electron chi connectivity index (χ3n) is 7.69. The number of aryl methyl sites for hydroxylation is 1. The van der Waals surface area contributed by atoms with E-state index in [1.807, 2.05) is 24.3 Å². The fourth-order valence-corrected chi connectivity index (χ4v) is 5.51. The summed E-state index contributed by atoms with van der Waals surface area (Å²) in [7, 11) is 3.30. The van der Waals surface area contributed by atoms with Crippen LogP contribution in [0.25, 0.3) is 33.7 Å². The number of benzene rings is 3. The maximum Gasteiger partial charge on any atom is 0.200 e. The van der Waals surface area contributed by atoms with Gasteiger partial charge < -0.3 is 14.0 Å². The Morgan fingerprint density at radius 3 is 2.28 bits per heavy atom. The molecule has 0 saturated heterocycles. The zero-order valence-corrected chi connectivity index (χ0v) is 24.7. The van der Waals surface area contributed by atoms with Crippen molar-refractivity contribution in [2.24, 2.45) is 0 Å². The largest absolute Gasteiger partial charge is 0.350 e. The van der Waals surface area contributed by atoms with Crippen LogP contribution >= 0.6 is 0 Å². The number of nitrogens with one attached hydrogen (secondary N) is 1. The number of tetrazole rings is 1. The second-order valence-electron chi connectivity index (χ2n) is 10.6. The Labute approximate surface area is 250 Å². The van der Waals surface area contributed by atoms with E-state index in [1.54, 1.807) is 14.2 Å². The van der Waals surface area contributed by atoms with E-state index in [0.29, 0.717) is 18.8 Å². The van der Waals surface area contributed by atoms with E-state index in [1.165, 1.54) is 5.56 Å². The first kappa shape index (κ1) is 28.4. The van der Waals surface area contributed by atoms with E-state index >= 15 is 0 Å². The molecule has 6 aromatic rings. The van der Waals surface area contributed by atoms with Gasteiger partial charge in [0.25, 0.3) is 0 Å². The zero-order chi connectivity index (χ0) is 29.6. The summed E-state index contributed by atoms with van der Waals surface area (Å²) >= 11 is 0. The highest BCUT2D eigenvalue weighted by molar-refractivity contribution is 5.80. The Morgan fingerprint density at radius 1 is 0.837 bits per heavy atom. The standard InChI is InChI=1S/C34H35N7O2/c1-4-5-15-30-35-29-21-26(20-23-11-7-6-8-12-23)31(34(42-2)43-3)36-33(29)41(30)22-24-16-18-25(19-17-24)27-13-9-10-14-28(27)32-37-39-40-38-32/h6-14,16-19,21,34H,4-5,15,20,22H2,1-3H3,(H,37,38,39,40). The molecular weight excluding hydrogens is 538 g/mol. The van der Waals surface area contributed by atoms with Gasteiger partial charge in [-0.2, -0.15) is 0 Å². The lowest BCUT2D eigenvalue weighted by atomic mass is 9.98. The first-order valence-electron chi connectivity index (χ1n) is 14.6. The molecule has 0 amide bonds. The van der Waals surface area contributed by atoms with E-state index in [9.17, 15) is 0 Å². The minimum Gasteiger partial charge on any atom is -0.350 e. The Balaban J connectivity index is 1.38. The van der Waals surface area contributed by atoms with Gasteiger partial charge in [-0.3, -0.25) is 0 Å². The average molecular weight is 574 g/mol. The number of hydrogen-bond donors (Lipinski definition) is 1. The SMILES string of the molecule is CCCCc1nc2cc(Cc3ccccc3)c(C(OC)OC)nc2n1Cc1ccc(-c2ccccc2-c2nnn[nH]2)cc1. The number of hydrogen-bond acceptors (Lipinski definition) is 7. The molecule has 0 radical (unpaired) electrons. The van der Waals surface area contributed by atoms with Crippen molar-refractivity contribution in [3.8, 4) is 22.5 Å². The molecule has 9 heteroatoms. The molecule has 3 heterocycles. The molecule has 0 saturated carbocycles. The molecule has 3 aromatic heterocycles. The van der Waals surface area contributed by atoms with E-state index in [2.05, 4.69) is 92.8 Å². The lowest BCUT2D eigenvalue weighted by Crippen LogP contribution is -2.12. The smallest absolute Gasteiger partial charge is 0.200 e. The summed E-state index contributed by atoms with van der Waals surface area (Å²) in [5, 5.41) is 14.5. The van der Waals surface area contributed by atoms with Crippen molar-refractivity contribution in [3.05, 3.63) is 113 Å². The third-order valence-corrected chi connectivity index (χ3v) is 7.69. The van der Waals surface area contributed by atoms with Gasteiger partial charge in [0.15, 0.2) is 11.5 Å². The molecule has 0 spiro atoms. The summed E-state index contributed by atoms with van der Waals surface area (Å²) in [6.07, 6.45) is 3.16. The van der Waals surface area contributed by atoms with Crippen LogP contribution in [0.5, 0.6) is 0 Å². The maximum absolute atomic E-state index is 5.71. The Kier molecular flexibility index (Phi) is 8.62. The van der Waals surface area contributed by atoms with Crippen LogP contribution in [-0.4, -0.2) is 49.4 Å². The first-order chi connectivity index (χ1) is 21.2. The number of fused-ring (bicyclic) bond motifs is 1. The van der Waals surface area contributed by atoms with Gasteiger partial charge in [0.2, 0.25) is 6.29 Å². The first-order valence-corrected chi connectivity index (χ1v) is 14.6. The molecule has 1 N–H and O–H groups in total. The average Bonchev–Trinajstić information content (AvgIpc) is 3.70. The summed E-state index contributed by atoms with van der Waals surface area (Å²) in [5.74, 6) is 1.68. The lowest BCUT2D eigenvalue weighted by molar-refractivity contribution is -0.108. The summed E-state index contributed by atoms with van der Waals surface area (Å²) < 4.78 is 13.7. The lowest BCUT2D eigenvalue weighted by Gasteiger charge is -2.18. The van der Waals surface area contributed by atoms with E-state index in [-0.39, 0.29) is 0 Å². The summed E-state index contributed by atoms with van der Waals surface area (Å²) in [6, 6.07) is 29.3. The van der Waals surface area contributed by atoms with E-state index in [4.69, 9.17) is 19.4 Å². The van der Waals surface area contributed by atoms with Crippen molar-refractivity contribution in [2.75, 3.05) is 14.2 Å². The van der Waals surface area contributed by atoms with Crippen LogP contribution in [0.15, 0.2) is 84.9 Å². The van der Waals surface area contributed by atoms with Gasteiger partial charge >= 0.3 is 0 Å². The number of nitrogens with zero attached hydrogens (tertiary/aromatic N) is 6. The van der Waals surface area contributed by atoms with Crippen molar-refractivity contribution in [1.29, 1.82) is 0 Å². The predicted octanol–water partition coefficient (Wildman–Crippen LogP) is 6.55. The molecule has 0 aliphatic heterocycles. The molecule has 0 bridgehead atoms. The molecular formula is C34H35N7O2. The maximum atomic E-state index is 5.71. The summed E-state index contributed by atoms with van der Waals surface area (Å²) in [5.41, 5.74) is 9.01. The number of aromatic nitrogens is 7. The molecule has 6 rings (SSSR count). The molecule has 43 heavy (non-hydrogen) atoms. The highest BCUT2D eigenvalue weighted by atomic mass is 16.7. The Morgan fingerprint density at radius 2 is 1.58 bits per heavy atom. The summed E-state index contributed by atoms with van der Waals surface area (Å²) in [6.45, 7) is 2.85. The zero-order valence-electron chi connectivity index (χ0n) is 24.7. The monoisotopic (exact) mass is 573 g/mol. The highest BCUT2D eigenvalue weighted by Gasteiger charge is 2.22. The normalized spacial score (nSPS) is 11.5. The Bertz CT molecular complexity index is 1780. The molecule has 218 valence electrons. The van der Waals surface area contributed by atoms with E-state index < -0.39 is 6.29 Å². The number of ether oxygens (including phenoxy) is 2. The number of pyridine rings is 1. The molecule has 0 atom stereocenters. The Hall–Kier alpha value is -4.73. The number of methoxy groups -OCH3 is 2. The molecule has 0 aliphatic rings. The minimum atomic E-state index is -0.579. The molecule has 0 unspecified atom stereocenters. The quantitative estimate of drug-likeness (QED) is 0.166. The van der Waals surface area contributed by atoms with Crippen LogP contribution in [0.2, 0.25) is 0 Å². The van der Waals surface area contributed by atoms with Crippen LogP contribution in [0.3, 0.4) is 0 Å². The van der Waals surface area contributed by atoms with Crippen LogP contribution in [0, 0.1) is 0 Å².